The Balaban J connectivity index is 1.65. The molecular weight excluding hydrogens is 391 g/mol. The molecule has 156 valence electrons. The van der Waals surface area contributed by atoms with Crippen molar-refractivity contribution < 1.29 is 18.3 Å². The zero-order chi connectivity index (χ0) is 21.3. The van der Waals surface area contributed by atoms with Crippen LogP contribution in [0, 0.1) is 0 Å². The van der Waals surface area contributed by atoms with E-state index in [-0.39, 0.29) is 12.1 Å². The molecular formula is C23H22F3N3O. The standard InChI is InChI=1S/C23H22F3N3O/c1-14(16-3-2-4-18(11-16)23(24,25)26)28-22-13-27-29-21-10-7-17(12-20(21)22)15-5-8-19(30)9-6-15/h2-5,7,10-14,19,30H,6,8-9H2,1H3,(H,28,29)/t14-,19?/m1/s1. The maximum atomic E-state index is 13.1. The van der Waals surface area contributed by atoms with Gasteiger partial charge in [0.1, 0.15) is 0 Å². The highest BCUT2D eigenvalue weighted by Crippen LogP contribution is 2.34. The number of aliphatic hydroxyl groups is 1. The van der Waals surface area contributed by atoms with Gasteiger partial charge in [-0.25, -0.2) is 0 Å². The van der Waals surface area contributed by atoms with Crippen LogP contribution >= 0.6 is 0 Å². The normalized spacial score (nSPS) is 18.2. The van der Waals surface area contributed by atoms with Crippen molar-refractivity contribution in [1.29, 1.82) is 0 Å². The number of halogens is 3. The molecule has 1 aliphatic carbocycles. The minimum absolute atomic E-state index is 0.286. The van der Waals surface area contributed by atoms with Crippen molar-refractivity contribution in [3.05, 3.63) is 71.4 Å². The van der Waals surface area contributed by atoms with Crippen molar-refractivity contribution in [2.75, 3.05) is 5.32 Å². The predicted molar refractivity (Wildman–Crippen MR) is 111 cm³/mol. The topological polar surface area (TPSA) is 58.0 Å². The highest BCUT2D eigenvalue weighted by atomic mass is 19.4. The summed E-state index contributed by atoms with van der Waals surface area (Å²) in [5, 5.41) is 22.1. The van der Waals surface area contributed by atoms with Crippen LogP contribution in [0.15, 0.2) is 54.7 Å². The number of alkyl halides is 3. The van der Waals surface area contributed by atoms with E-state index in [4.69, 9.17) is 0 Å². The average Bonchev–Trinajstić information content (AvgIpc) is 2.74. The summed E-state index contributed by atoms with van der Waals surface area (Å²) in [7, 11) is 0. The first-order valence-corrected chi connectivity index (χ1v) is 9.88. The van der Waals surface area contributed by atoms with E-state index in [1.165, 1.54) is 11.6 Å². The number of fused-ring (bicyclic) bond motifs is 1. The molecule has 4 nitrogen and oxygen atoms in total. The fourth-order valence-corrected chi connectivity index (χ4v) is 3.76. The van der Waals surface area contributed by atoms with Crippen LogP contribution in [0.3, 0.4) is 0 Å². The van der Waals surface area contributed by atoms with Gasteiger partial charge in [0.25, 0.3) is 0 Å². The van der Waals surface area contributed by atoms with Crippen molar-refractivity contribution in [1.82, 2.24) is 10.2 Å². The van der Waals surface area contributed by atoms with Crippen LogP contribution in [-0.4, -0.2) is 21.4 Å². The third kappa shape index (κ3) is 4.31. The Labute approximate surface area is 172 Å². The van der Waals surface area contributed by atoms with Gasteiger partial charge in [-0.05, 0) is 67.2 Å². The Kier molecular flexibility index (Phi) is 5.47. The van der Waals surface area contributed by atoms with E-state index in [9.17, 15) is 18.3 Å². The first-order chi connectivity index (χ1) is 14.3. The number of benzene rings is 2. The molecule has 1 aromatic heterocycles. The third-order valence-electron chi connectivity index (χ3n) is 5.48. The van der Waals surface area contributed by atoms with Crippen molar-refractivity contribution in [3.63, 3.8) is 0 Å². The number of nitrogens with one attached hydrogen (secondary N) is 1. The van der Waals surface area contributed by atoms with Crippen molar-refractivity contribution in [2.45, 2.75) is 44.5 Å². The SMILES string of the molecule is C[C@@H](Nc1cnnc2ccc(C3=CCC(O)CC3)cc12)c1cccc(C(F)(F)F)c1. The van der Waals surface area contributed by atoms with Gasteiger partial charge in [-0.3, -0.25) is 0 Å². The molecule has 1 aliphatic rings. The van der Waals surface area contributed by atoms with Gasteiger partial charge in [0.05, 0.1) is 29.1 Å². The van der Waals surface area contributed by atoms with Crippen LogP contribution in [0.5, 0.6) is 0 Å². The molecule has 4 rings (SSSR count). The maximum Gasteiger partial charge on any atom is 0.416 e. The van der Waals surface area contributed by atoms with E-state index >= 15 is 0 Å². The van der Waals surface area contributed by atoms with E-state index in [1.807, 2.05) is 25.1 Å². The predicted octanol–water partition coefficient (Wildman–Crippen LogP) is 5.75. The molecule has 0 amide bonds. The first kappa shape index (κ1) is 20.3. The highest BCUT2D eigenvalue weighted by molar-refractivity contribution is 5.93. The lowest BCUT2D eigenvalue weighted by Gasteiger charge is -2.20. The Morgan fingerprint density at radius 3 is 2.73 bits per heavy atom. The fraction of sp³-hybridized carbons (Fsp3) is 0.304. The molecule has 1 unspecified atom stereocenters. The first-order valence-electron chi connectivity index (χ1n) is 9.88. The number of anilines is 1. The minimum Gasteiger partial charge on any atom is -0.393 e. The molecule has 7 heteroatoms. The lowest BCUT2D eigenvalue weighted by molar-refractivity contribution is -0.137. The average molecular weight is 413 g/mol. The molecule has 2 N–H and O–H groups in total. The van der Waals surface area contributed by atoms with Crippen LogP contribution in [-0.2, 0) is 6.18 Å². The largest absolute Gasteiger partial charge is 0.416 e. The number of allylic oxidation sites excluding steroid dienone is 1. The summed E-state index contributed by atoms with van der Waals surface area (Å²) in [5.74, 6) is 0. The molecule has 0 radical (unpaired) electrons. The number of rotatable bonds is 4. The molecule has 2 aromatic carbocycles. The van der Waals surface area contributed by atoms with E-state index in [1.54, 1.807) is 12.3 Å². The van der Waals surface area contributed by atoms with Gasteiger partial charge in [0.15, 0.2) is 0 Å². The monoisotopic (exact) mass is 413 g/mol. The summed E-state index contributed by atoms with van der Waals surface area (Å²) in [5.41, 5.74) is 3.52. The minimum atomic E-state index is -4.38. The summed E-state index contributed by atoms with van der Waals surface area (Å²) >= 11 is 0. The van der Waals surface area contributed by atoms with Crippen molar-refractivity contribution >= 4 is 22.2 Å². The Hall–Kier alpha value is -2.93. The van der Waals surface area contributed by atoms with Crippen LogP contribution in [0.4, 0.5) is 18.9 Å². The smallest absolute Gasteiger partial charge is 0.393 e. The summed E-state index contributed by atoms with van der Waals surface area (Å²) in [6.07, 6.45) is 1.16. The summed E-state index contributed by atoms with van der Waals surface area (Å²) < 4.78 is 39.2. The molecule has 3 aromatic rings. The molecule has 0 aliphatic heterocycles. The van der Waals surface area contributed by atoms with Gasteiger partial charge in [-0.2, -0.15) is 23.4 Å². The summed E-state index contributed by atoms with van der Waals surface area (Å²) in [6.45, 7) is 1.82. The van der Waals surface area contributed by atoms with Crippen molar-refractivity contribution in [2.24, 2.45) is 0 Å². The molecule has 0 spiro atoms. The van der Waals surface area contributed by atoms with Crippen LogP contribution in [0.2, 0.25) is 0 Å². The molecule has 1 heterocycles. The zero-order valence-corrected chi connectivity index (χ0v) is 16.4. The number of aromatic nitrogens is 2. The van der Waals surface area contributed by atoms with Crippen LogP contribution in [0.25, 0.3) is 16.5 Å². The Bertz CT molecular complexity index is 1090. The number of aliphatic hydroxyl groups excluding tert-OH is 1. The van der Waals surface area contributed by atoms with Gasteiger partial charge in [0, 0.05) is 11.4 Å². The number of hydrogen-bond acceptors (Lipinski definition) is 4. The van der Waals surface area contributed by atoms with E-state index < -0.39 is 11.7 Å². The van der Waals surface area contributed by atoms with Crippen molar-refractivity contribution in [3.8, 4) is 0 Å². The molecule has 0 fully saturated rings. The molecule has 2 atom stereocenters. The van der Waals surface area contributed by atoms with E-state index in [0.29, 0.717) is 23.2 Å². The zero-order valence-electron chi connectivity index (χ0n) is 16.4. The van der Waals surface area contributed by atoms with Gasteiger partial charge in [0.2, 0.25) is 0 Å². The second kappa shape index (κ2) is 8.07. The van der Waals surface area contributed by atoms with Gasteiger partial charge < -0.3 is 10.4 Å². The third-order valence-corrected chi connectivity index (χ3v) is 5.48. The number of nitrogens with zero attached hydrogens (tertiary/aromatic N) is 2. The van der Waals surface area contributed by atoms with Crippen LogP contribution < -0.4 is 5.32 Å². The summed E-state index contributed by atoms with van der Waals surface area (Å²) in [4.78, 5) is 0. The van der Waals surface area contributed by atoms with Crippen LogP contribution in [0.1, 0.15) is 48.9 Å². The second-order valence-electron chi connectivity index (χ2n) is 7.64. The quantitative estimate of drug-likeness (QED) is 0.572. The lowest BCUT2D eigenvalue weighted by atomic mass is 9.91. The number of hydrogen-bond donors (Lipinski definition) is 2. The molecule has 0 saturated carbocycles. The van der Waals surface area contributed by atoms with Gasteiger partial charge in [-0.15, -0.1) is 0 Å². The van der Waals surface area contributed by atoms with E-state index in [2.05, 4.69) is 21.6 Å². The Morgan fingerprint density at radius 2 is 2.00 bits per heavy atom. The molecule has 0 bridgehead atoms. The fourth-order valence-electron chi connectivity index (χ4n) is 3.76. The molecule has 0 saturated heterocycles. The summed E-state index contributed by atoms with van der Waals surface area (Å²) in [6, 6.07) is 10.9. The maximum absolute atomic E-state index is 13.1. The Morgan fingerprint density at radius 1 is 1.17 bits per heavy atom. The van der Waals surface area contributed by atoms with Gasteiger partial charge >= 0.3 is 6.18 Å². The molecule has 30 heavy (non-hydrogen) atoms. The second-order valence-corrected chi connectivity index (χ2v) is 7.64. The highest BCUT2D eigenvalue weighted by Gasteiger charge is 2.30. The lowest BCUT2D eigenvalue weighted by Crippen LogP contribution is -2.11. The van der Waals surface area contributed by atoms with E-state index in [0.717, 1.165) is 35.9 Å². The van der Waals surface area contributed by atoms with Gasteiger partial charge in [-0.1, -0.05) is 24.3 Å².